The number of pyridine rings is 1. The number of amides is 1. The van der Waals surface area contributed by atoms with Gasteiger partial charge in [0.1, 0.15) is 17.2 Å². The van der Waals surface area contributed by atoms with E-state index in [1.54, 1.807) is 4.90 Å². The number of rotatable bonds is 5. The lowest BCUT2D eigenvalue weighted by atomic mass is 9.74. The molecule has 1 aliphatic carbocycles. The summed E-state index contributed by atoms with van der Waals surface area (Å²) < 4.78 is 22.5. The minimum absolute atomic E-state index is 0.178. The number of fused-ring (bicyclic) bond motifs is 2. The molecule has 0 unspecified atom stereocenters. The highest BCUT2D eigenvalue weighted by Gasteiger charge is 2.47. The molecular formula is C29H38FN3O3S. The summed E-state index contributed by atoms with van der Waals surface area (Å²) in [5.74, 6) is 0.419. The zero-order valence-corrected chi connectivity index (χ0v) is 23.6. The number of thioether (sulfide) groups is 1. The molecule has 0 spiro atoms. The lowest BCUT2D eigenvalue weighted by Crippen LogP contribution is -2.44. The molecule has 37 heavy (non-hydrogen) atoms. The van der Waals surface area contributed by atoms with Crippen molar-refractivity contribution in [2.45, 2.75) is 82.4 Å². The molecule has 3 heterocycles. The van der Waals surface area contributed by atoms with Crippen molar-refractivity contribution in [2.75, 3.05) is 26.9 Å². The third-order valence-corrected chi connectivity index (χ3v) is 9.71. The second-order valence-corrected chi connectivity index (χ2v) is 12.3. The zero-order valence-electron chi connectivity index (χ0n) is 22.8. The number of carbonyl (C=O) groups is 1. The molecule has 1 aromatic carbocycles. The molecule has 3 aliphatic rings. The highest BCUT2D eigenvalue weighted by Crippen LogP contribution is 2.49. The van der Waals surface area contributed by atoms with Crippen LogP contribution in [-0.2, 0) is 19.4 Å². The quantitative estimate of drug-likeness (QED) is 0.563. The van der Waals surface area contributed by atoms with Crippen LogP contribution >= 0.6 is 11.8 Å². The Hall–Kier alpha value is -2.32. The number of hydrogen-bond acceptors (Lipinski definition) is 5. The second kappa shape index (κ2) is 9.77. The van der Waals surface area contributed by atoms with Gasteiger partial charge in [-0.3, -0.25) is 9.59 Å². The highest BCUT2D eigenvalue weighted by atomic mass is 32.2. The number of halogens is 1. The third-order valence-electron chi connectivity index (χ3n) is 8.91. The van der Waals surface area contributed by atoms with E-state index in [2.05, 4.69) is 30.9 Å². The Kier molecular flexibility index (Phi) is 6.94. The Bertz CT molecular complexity index is 1300. The molecular weight excluding hydrogens is 489 g/mol. The molecule has 2 aromatic rings. The third kappa shape index (κ3) is 4.50. The molecule has 6 nitrogen and oxygen atoms in total. The van der Waals surface area contributed by atoms with Crippen LogP contribution in [0.1, 0.15) is 70.9 Å². The summed E-state index contributed by atoms with van der Waals surface area (Å²) in [6.07, 6.45) is 7.27. The number of carbonyl (C=O) groups excluding carboxylic acids is 1. The lowest BCUT2D eigenvalue weighted by molar-refractivity contribution is 0.0157. The minimum Gasteiger partial charge on any atom is -0.486 e. The van der Waals surface area contributed by atoms with Gasteiger partial charge in [-0.1, -0.05) is 0 Å². The van der Waals surface area contributed by atoms with Crippen molar-refractivity contribution in [1.82, 2.24) is 14.8 Å². The van der Waals surface area contributed by atoms with Crippen LogP contribution in [0, 0.1) is 25.6 Å². The average Bonchev–Trinajstić information content (AvgIpc) is 3.24. The number of ether oxygens (including phenoxy) is 1. The number of hydrogen-bond donors (Lipinski definition) is 1. The van der Waals surface area contributed by atoms with Crippen molar-refractivity contribution in [3.63, 3.8) is 0 Å². The fraction of sp³-hybridized carbons (Fsp3) is 0.586. The van der Waals surface area contributed by atoms with Crippen LogP contribution in [0.25, 0.3) is 0 Å². The predicted octanol–water partition coefficient (Wildman–Crippen LogP) is 4.87. The molecule has 1 N–H and O–H groups in total. The number of aryl methyl sites for hydroxylation is 1. The number of aromatic amines is 1. The summed E-state index contributed by atoms with van der Waals surface area (Å²) in [7, 11) is 4.27. The van der Waals surface area contributed by atoms with Crippen molar-refractivity contribution in [1.29, 1.82) is 0 Å². The fourth-order valence-corrected chi connectivity index (χ4v) is 7.39. The Morgan fingerprint density at radius 1 is 1.19 bits per heavy atom. The highest BCUT2D eigenvalue weighted by molar-refractivity contribution is 7.98. The standard InChI is InChI=1S/C29H38FN3O3S/c1-16-13-23(37-6)22(27(34)31-16)15-33-12-11-20-24(28(33)35)17(2)26-21(25(20)30)14-29(3,36-26)18-7-9-19(10-8-18)32(4)5/h13,18-19H,7-12,14-15H2,1-6H3,(H,31,34)/t18?,19?,29-/m0/s1. The molecule has 0 bridgehead atoms. The van der Waals surface area contributed by atoms with Crippen molar-refractivity contribution in [3.05, 3.63) is 55.7 Å². The van der Waals surface area contributed by atoms with Crippen molar-refractivity contribution in [2.24, 2.45) is 5.92 Å². The average molecular weight is 528 g/mol. The van der Waals surface area contributed by atoms with Crippen molar-refractivity contribution >= 4 is 17.7 Å². The molecule has 2 aliphatic heterocycles. The van der Waals surface area contributed by atoms with E-state index in [0.29, 0.717) is 59.3 Å². The van der Waals surface area contributed by atoms with Crippen LogP contribution < -0.4 is 10.3 Å². The molecule has 1 saturated carbocycles. The van der Waals surface area contributed by atoms with Gasteiger partial charge in [0.25, 0.3) is 11.5 Å². The summed E-state index contributed by atoms with van der Waals surface area (Å²) >= 11 is 1.50. The van der Waals surface area contributed by atoms with Gasteiger partial charge in [-0.25, -0.2) is 4.39 Å². The number of nitrogens with zero attached hydrogens (tertiary/aromatic N) is 2. The maximum atomic E-state index is 16.0. The maximum absolute atomic E-state index is 16.0. The van der Waals surface area contributed by atoms with Gasteiger partial charge in [-0.15, -0.1) is 11.8 Å². The van der Waals surface area contributed by atoms with E-state index >= 15 is 4.39 Å². The van der Waals surface area contributed by atoms with Gasteiger partial charge >= 0.3 is 0 Å². The SMILES string of the molecule is CSc1cc(C)[nH]c(=O)c1CN1CCc2c(F)c3c(c(C)c2C1=O)O[C@](C)(C1CCC(N(C)C)CC1)C3. The molecule has 1 atom stereocenters. The minimum atomic E-state index is -0.458. The van der Waals surface area contributed by atoms with Gasteiger partial charge in [-0.05, 0) is 85.2 Å². The van der Waals surface area contributed by atoms with E-state index in [9.17, 15) is 9.59 Å². The summed E-state index contributed by atoms with van der Waals surface area (Å²) in [6.45, 7) is 6.44. The molecule has 1 amide bonds. The van der Waals surface area contributed by atoms with Gasteiger partial charge in [0, 0.05) is 46.3 Å². The molecule has 1 aromatic heterocycles. The smallest absolute Gasteiger partial charge is 0.254 e. The Morgan fingerprint density at radius 2 is 1.89 bits per heavy atom. The molecule has 0 saturated heterocycles. The number of aromatic nitrogens is 1. The number of H-pyrrole nitrogens is 1. The first kappa shape index (κ1) is 26.3. The van der Waals surface area contributed by atoms with Crippen LogP contribution in [0.15, 0.2) is 15.8 Å². The van der Waals surface area contributed by atoms with Crippen LogP contribution in [0.3, 0.4) is 0 Å². The molecule has 200 valence electrons. The van der Waals surface area contributed by atoms with Gasteiger partial charge < -0.3 is 19.5 Å². The lowest BCUT2D eigenvalue weighted by Gasteiger charge is -2.40. The van der Waals surface area contributed by atoms with Gasteiger partial charge in [-0.2, -0.15) is 0 Å². The van der Waals surface area contributed by atoms with E-state index in [0.717, 1.165) is 41.8 Å². The largest absolute Gasteiger partial charge is 0.486 e. The van der Waals surface area contributed by atoms with Crippen molar-refractivity contribution < 1.29 is 13.9 Å². The predicted molar refractivity (Wildman–Crippen MR) is 145 cm³/mol. The Labute approximate surface area is 223 Å². The van der Waals surface area contributed by atoms with Gasteiger partial charge in [0.2, 0.25) is 0 Å². The molecule has 5 rings (SSSR count). The van der Waals surface area contributed by atoms with E-state index in [1.165, 1.54) is 11.8 Å². The summed E-state index contributed by atoms with van der Waals surface area (Å²) in [5.41, 5.74) is 3.01. The number of nitrogens with one attached hydrogen (secondary N) is 1. The monoisotopic (exact) mass is 527 g/mol. The van der Waals surface area contributed by atoms with Gasteiger partial charge in [0.05, 0.1) is 17.7 Å². The van der Waals surface area contributed by atoms with Crippen LogP contribution in [0.2, 0.25) is 0 Å². The maximum Gasteiger partial charge on any atom is 0.254 e. The Morgan fingerprint density at radius 3 is 2.54 bits per heavy atom. The zero-order chi connectivity index (χ0) is 26.6. The van der Waals surface area contributed by atoms with Crippen LogP contribution in [-0.4, -0.2) is 59.2 Å². The number of benzene rings is 1. The van der Waals surface area contributed by atoms with Crippen LogP contribution in [0.5, 0.6) is 5.75 Å². The first-order valence-electron chi connectivity index (χ1n) is 13.3. The van der Waals surface area contributed by atoms with Gasteiger partial charge in [0.15, 0.2) is 0 Å². The summed E-state index contributed by atoms with van der Waals surface area (Å²) in [5, 5.41) is 0. The van der Waals surface area contributed by atoms with E-state index in [-0.39, 0.29) is 23.8 Å². The molecule has 1 fully saturated rings. The van der Waals surface area contributed by atoms with E-state index < -0.39 is 5.60 Å². The molecule has 0 radical (unpaired) electrons. The summed E-state index contributed by atoms with van der Waals surface area (Å²) in [6, 6.07) is 2.52. The molecule has 8 heteroatoms. The van der Waals surface area contributed by atoms with Crippen molar-refractivity contribution in [3.8, 4) is 5.75 Å². The van der Waals surface area contributed by atoms with E-state index in [1.807, 2.05) is 26.2 Å². The second-order valence-electron chi connectivity index (χ2n) is 11.5. The fourth-order valence-electron chi connectivity index (χ4n) is 6.70. The first-order chi connectivity index (χ1) is 17.5. The topological polar surface area (TPSA) is 65.6 Å². The Balaban J connectivity index is 1.43. The first-order valence-corrected chi connectivity index (χ1v) is 14.5. The van der Waals surface area contributed by atoms with Crippen LogP contribution in [0.4, 0.5) is 4.39 Å². The summed E-state index contributed by atoms with van der Waals surface area (Å²) in [4.78, 5) is 34.1. The van der Waals surface area contributed by atoms with E-state index in [4.69, 9.17) is 4.74 Å². The normalized spacial score (nSPS) is 25.3.